The second-order valence-electron chi connectivity index (χ2n) is 5.25. The molecule has 0 radical (unpaired) electrons. The molecule has 1 aliphatic heterocycles. The van der Waals surface area contributed by atoms with Crippen molar-refractivity contribution in [3.8, 4) is 11.5 Å². The number of rotatable bonds is 1. The molecule has 1 aromatic rings. The van der Waals surface area contributed by atoms with Gasteiger partial charge in [-0.1, -0.05) is 24.4 Å². The smallest absolute Gasteiger partial charge is 0.180 e. The number of ether oxygens (including phenoxy) is 2. The highest BCUT2D eigenvalue weighted by atomic mass is 35.5. The van der Waals surface area contributed by atoms with E-state index in [-0.39, 0.29) is 5.54 Å². The minimum Gasteiger partial charge on any atom is -0.486 e. The van der Waals surface area contributed by atoms with Crippen LogP contribution in [0.4, 0.5) is 0 Å². The molecule has 0 unspecified atom stereocenters. The van der Waals surface area contributed by atoms with Gasteiger partial charge in [0.2, 0.25) is 0 Å². The summed E-state index contributed by atoms with van der Waals surface area (Å²) in [5.41, 5.74) is 8.43. The van der Waals surface area contributed by atoms with Crippen molar-refractivity contribution in [2.45, 2.75) is 38.1 Å². The van der Waals surface area contributed by atoms with Crippen molar-refractivity contribution >= 4 is 11.6 Å². The Morgan fingerprint density at radius 3 is 2.61 bits per heavy atom. The molecular formula is C14H18ClNO2. The Morgan fingerprint density at radius 1 is 1.22 bits per heavy atom. The van der Waals surface area contributed by atoms with Crippen LogP contribution < -0.4 is 15.2 Å². The first-order valence-corrected chi connectivity index (χ1v) is 6.88. The van der Waals surface area contributed by atoms with E-state index in [1.165, 1.54) is 12.8 Å². The highest BCUT2D eigenvalue weighted by molar-refractivity contribution is 6.33. The molecule has 0 aromatic heterocycles. The predicted octanol–water partition coefficient (Wildman–Crippen LogP) is 3.15. The van der Waals surface area contributed by atoms with Crippen LogP contribution in [0.5, 0.6) is 11.5 Å². The van der Waals surface area contributed by atoms with Crippen molar-refractivity contribution in [2.75, 3.05) is 13.2 Å². The van der Waals surface area contributed by atoms with Crippen LogP contribution in [0, 0.1) is 6.92 Å². The largest absolute Gasteiger partial charge is 0.486 e. The molecule has 0 bridgehead atoms. The summed E-state index contributed by atoms with van der Waals surface area (Å²) in [6, 6.07) is 2.03. The van der Waals surface area contributed by atoms with E-state index in [2.05, 4.69) is 0 Å². The van der Waals surface area contributed by atoms with Crippen LogP contribution in [0.15, 0.2) is 6.07 Å². The van der Waals surface area contributed by atoms with Crippen LogP contribution >= 0.6 is 11.6 Å². The maximum Gasteiger partial charge on any atom is 0.180 e. The Morgan fingerprint density at radius 2 is 1.89 bits per heavy atom. The monoisotopic (exact) mass is 267 g/mol. The lowest BCUT2D eigenvalue weighted by atomic mass is 9.86. The van der Waals surface area contributed by atoms with Gasteiger partial charge in [0.1, 0.15) is 13.2 Å². The average Bonchev–Trinajstić information content (AvgIpc) is 2.82. The maximum absolute atomic E-state index is 6.53. The lowest BCUT2D eigenvalue weighted by Crippen LogP contribution is -2.34. The summed E-state index contributed by atoms with van der Waals surface area (Å²) in [5.74, 6) is 1.41. The van der Waals surface area contributed by atoms with E-state index in [9.17, 15) is 0 Å². The number of hydrogen-bond acceptors (Lipinski definition) is 3. The van der Waals surface area contributed by atoms with Crippen LogP contribution in [0.3, 0.4) is 0 Å². The predicted molar refractivity (Wildman–Crippen MR) is 71.5 cm³/mol. The van der Waals surface area contributed by atoms with Crippen LogP contribution in [0.2, 0.25) is 5.02 Å². The summed E-state index contributed by atoms with van der Waals surface area (Å²) in [6.07, 6.45) is 4.40. The van der Waals surface area contributed by atoms with Crippen LogP contribution in [0.25, 0.3) is 0 Å². The van der Waals surface area contributed by atoms with E-state index in [0.29, 0.717) is 24.0 Å². The molecule has 0 spiro atoms. The van der Waals surface area contributed by atoms with E-state index in [0.717, 1.165) is 29.7 Å². The van der Waals surface area contributed by atoms with Crippen molar-refractivity contribution < 1.29 is 9.47 Å². The van der Waals surface area contributed by atoms with Crippen molar-refractivity contribution in [3.05, 3.63) is 22.2 Å². The Labute approximate surface area is 112 Å². The lowest BCUT2D eigenvalue weighted by Gasteiger charge is -2.29. The van der Waals surface area contributed by atoms with E-state index in [1.54, 1.807) is 0 Å². The number of fused-ring (bicyclic) bond motifs is 1. The van der Waals surface area contributed by atoms with Gasteiger partial charge in [-0.05, 0) is 37.0 Å². The zero-order valence-electron chi connectivity index (χ0n) is 10.6. The van der Waals surface area contributed by atoms with Gasteiger partial charge in [0.05, 0.1) is 5.02 Å². The molecule has 1 heterocycles. The first-order chi connectivity index (χ1) is 8.62. The molecule has 0 atom stereocenters. The topological polar surface area (TPSA) is 44.5 Å². The molecule has 0 amide bonds. The summed E-state index contributed by atoms with van der Waals surface area (Å²) in [6.45, 7) is 3.14. The minimum absolute atomic E-state index is 0.246. The first kappa shape index (κ1) is 12.1. The van der Waals surface area contributed by atoms with Gasteiger partial charge in [0.25, 0.3) is 0 Å². The molecule has 3 rings (SSSR count). The third-order valence-corrected chi connectivity index (χ3v) is 4.51. The van der Waals surface area contributed by atoms with Gasteiger partial charge < -0.3 is 15.2 Å². The fraction of sp³-hybridized carbons (Fsp3) is 0.571. The average molecular weight is 268 g/mol. The zero-order chi connectivity index (χ0) is 12.8. The highest BCUT2D eigenvalue weighted by Gasteiger charge is 2.35. The molecule has 1 saturated carbocycles. The van der Waals surface area contributed by atoms with Gasteiger partial charge in [-0.3, -0.25) is 0 Å². The molecule has 1 fully saturated rings. The second-order valence-corrected chi connectivity index (χ2v) is 5.63. The van der Waals surface area contributed by atoms with Gasteiger partial charge in [0.15, 0.2) is 11.5 Å². The summed E-state index contributed by atoms with van der Waals surface area (Å²) in [7, 11) is 0. The van der Waals surface area contributed by atoms with Gasteiger partial charge in [-0.2, -0.15) is 0 Å². The maximum atomic E-state index is 6.53. The summed E-state index contributed by atoms with van der Waals surface area (Å²) in [5, 5.41) is 0.652. The summed E-state index contributed by atoms with van der Waals surface area (Å²) >= 11 is 6.40. The van der Waals surface area contributed by atoms with Crippen molar-refractivity contribution in [3.63, 3.8) is 0 Å². The van der Waals surface area contributed by atoms with Gasteiger partial charge in [-0.15, -0.1) is 0 Å². The molecule has 3 nitrogen and oxygen atoms in total. The Bertz CT molecular complexity index is 481. The number of benzene rings is 1. The SMILES string of the molecule is Cc1c(C2(N)CCCC2)cc2c(c1Cl)OCCO2. The van der Waals surface area contributed by atoms with E-state index in [1.807, 2.05) is 13.0 Å². The molecule has 0 saturated heterocycles. The highest BCUT2D eigenvalue weighted by Crippen LogP contribution is 2.46. The van der Waals surface area contributed by atoms with Gasteiger partial charge in [-0.25, -0.2) is 0 Å². The van der Waals surface area contributed by atoms with Crippen LogP contribution in [-0.2, 0) is 5.54 Å². The fourth-order valence-corrected chi connectivity index (χ4v) is 3.28. The van der Waals surface area contributed by atoms with Crippen molar-refractivity contribution in [2.24, 2.45) is 5.73 Å². The van der Waals surface area contributed by atoms with E-state index >= 15 is 0 Å². The molecule has 1 aromatic carbocycles. The second kappa shape index (κ2) is 4.32. The van der Waals surface area contributed by atoms with Crippen molar-refractivity contribution in [1.82, 2.24) is 0 Å². The Balaban J connectivity index is 2.13. The van der Waals surface area contributed by atoms with E-state index in [4.69, 9.17) is 26.8 Å². The third kappa shape index (κ3) is 1.77. The Kier molecular flexibility index (Phi) is 2.91. The van der Waals surface area contributed by atoms with Crippen LogP contribution in [0.1, 0.15) is 36.8 Å². The lowest BCUT2D eigenvalue weighted by molar-refractivity contribution is 0.171. The van der Waals surface area contributed by atoms with Gasteiger partial charge in [0, 0.05) is 5.54 Å². The normalized spacial score (nSPS) is 21.1. The Hall–Kier alpha value is -0.930. The summed E-state index contributed by atoms with van der Waals surface area (Å²) < 4.78 is 11.2. The molecular weight excluding hydrogens is 250 g/mol. The van der Waals surface area contributed by atoms with Crippen LogP contribution in [-0.4, -0.2) is 13.2 Å². The molecule has 2 N–H and O–H groups in total. The summed E-state index contributed by atoms with van der Waals surface area (Å²) in [4.78, 5) is 0. The van der Waals surface area contributed by atoms with Crippen molar-refractivity contribution in [1.29, 1.82) is 0 Å². The molecule has 1 aliphatic carbocycles. The molecule has 4 heteroatoms. The molecule has 18 heavy (non-hydrogen) atoms. The zero-order valence-corrected chi connectivity index (χ0v) is 11.3. The van der Waals surface area contributed by atoms with Gasteiger partial charge >= 0.3 is 0 Å². The molecule has 98 valence electrons. The minimum atomic E-state index is -0.246. The van der Waals surface area contributed by atoms with E-state index < -0.39 is 0 Å². The number of nitrogens with two attached hydrogens (primary N) is 1. The number of hydrogen-bond donors (Lipinski definition) is 1. The molecule has 2 aliphatic rings. The first-order valence-electron chi connectivity index (χ1n) is 6.50. The third-order valence-electron chi connectivity index (χ3n) is 4.05. The standard InChI is InChI=1S/C14H18ClNO2/c1-9-10(14(16)4-2-3-5-14)8-11-13(12(9)15)18-7-6-17-11/h8H,2-7,16H2,1H3. The number of halogens is 1. The fourth-order valence-electron chi connectivity index (χ4n) is 3.03. The quantitative estimate of drug-likeness (QED) is 0.850.